The van der Waals surface area contributed by atoms with E-state index in [0.717, 1.165) is 0 Å². The van der Waals surface area contributed by atoms with Crippen molar-refractivity contribution >= 4 is 27.4 Å². The van der Waals surface area contributed by atoms with Gasteiger partial charge in [0.05, 0.1) is 10.6 Å². The lowest BCUT2D eigenvalue weighted by Crippen LogP contribution is -2.22. The second-order valence-corrected chi connectivity index (χ2v) is 6.08. The number of aliphatic carboxylic acids is 1. The van der Waals surface area contributed by atoms with Crippen LogP contribution in [0.1, 0.15) is 12.0 Å². The molecule has 0 saturated carbocycles. The Kier molecular flexibility index (Phi) is 3.08. The highest BCUT2D eigenvalue weighted by Gasteiger charge is 2.23. The van der Waals surface area contributed by atoms with Crippen LogP contribution in [0, 0.1) is 0 Å². The fourth-order valence-corrected chi connectivity index (χ4v) is 3.48. The fourth-order valence-electron chi connectivity index (χ4n) is 1.90. The number of carbonyl (C=O) groups is 2. The molecule has 1 aromatic rings. The van der Waals surface area contributed by atoms with E-state index in [9.17, 15) is 18.0 Å². The van der Waals surface area contributed by atoms with Crippen LogP contribution in [0.5, 0.6) is 0 Å². The molecule has 0 aromatic heterocycles. The van der Waals surface area contributed by atoms with Crippen molar-refractivity contribution in [2.45, 2.75) is 17.7 Å². The number of aryl methyl sites for hydroxylation is 1. The largest absolute Gasteiger partial charge is 0.474 e. The smallest absolute Gasteiger partial charge is 0.394 e. The number of benzene rings is 1. The summed E-state index contributed by atoms with van der Waals surface area (Å²) in [6.45, 7) is 0. The van der Waals surface area contributed by atoms with Crippen molar-refractivity contribution in [2.24, 2.45) is 0 Å². The zero-order valence-electron chi connectivity index (χ0n) is 9.34. The lowest BCUT2D eigenvalue weighted by atomic mass is 10.1. The zero-order chi connectivity index (χ0) is 13.3. The summed E-state index contributed by atoms with van der Waals surface area (Å²) in [6, 6.07) is 4.30. The molecule has 2 N–H and O–H groups in total. The first-order chi connectivity index (χ1) is 8.40. The molecule has 1 aromatic carbocycles. The van der Waals surface area contributed by atoms with Crippen molar-refractivity contribution in [2.75, 3.05) is 11.1 Å². The molecule has 0 aliphatic carbocycles. The van der Waals surface area contributed by atoms with E-state index in [2.05, 4.69) is 5.32 Å². The SMILES string of the molecule is O=C(O)C(=O)Nc1ccc2c(c1)CCCS2(=O)=O. The van der Waals surface area contributed by atoms with Crippen molar-refractivity contribution in [3.8, 4) is 0 Å². The monoisotopic (exact) mass is 269 g/mol. The highest BCUT2D eigenvalue weighted by atomic mass is 32.2. The van der Waals surface area contributed by atoms with Crippen LogP contribution < -0.4 is 5.32 Å². The predicted molar refractivity (Wildman–Crippen MR) is 63.1 cm³/mol. The topological polar surface area (TPSA) is 101 Å². The lowest BCUT2D eigenvalue weighted by molar-refractivity contribution is -0.147. The van der Waals surface area contributed by atoms with Gasteiger partial charge in [-0.05, 0) is 36.6 Å². The van der Waals surface area contributed by atoms with Crippen molar-refractivity contribution in [3.63, 3.8) is 0 Å². The number of rotatable bonds is 1. The zero-order valence-corrected chi connectivity index (χ0v) is 10.2. The van der Waals surface area contributed by atoms with Crippen LogP contribution in [-0.2, 0) is 25.8 Å². The minimum absolute atomic E-state index is 0.126. The van der Waals surface area contributed by atoms with Gasteiger partial charge in [0.15, 0.2) is 9.84 Å². The van der Waals surface area contributed by atoms with Gasteiger partial charge in [-0.3, -0.25) is 4.79 Å². The standard InChI is InChI=1S/C11H11NO5S/c13-10(11(14)15)12-8-3-4-9-7(6-8)2-1-5-18(9,16)17/h3-4,6H,1-2,5H2,(H,12,13)(H,14,15). The van der Waals surface area contributed by atoms with Gasteiger partial charge in [0.2, 0.25) is 0 Å². The molecule has 0 atom stereocenters. The third kappa shape index (κ3) is 2.35. The van der Waals surface area contributed by atoms with Gasteiger partial charge in [0.1, 0.15) is 0 Å². The van der Waals surface area contributed by atoms with Gasteiger partial charge in [-0.1, -0.05) is 0 Å². The van der Waals surface area contributed by atoms with Gasteiger partial charge < -0.3 is 10.4 Å². The molecule has 1 amide bonds. The Bertz CT molecular complexity index is 620. The van der Waals surface area contributed by atoms with Crippen LogP contribution in [0.15, 0.2) is 23.1 Å². The normalized spacial score (nSPS) is 16.7. The summed E-state index contributed by atoms with van der Waals surface area (Å²) in [7, 11) is -3.23. The quantitative estimate of drug-likeness (QED) is 0.720. The van der Waals surface area contributed by atoms with Crippen LogP contribution in [-0.4, -0.2) is 31.2 Å². The minimum atomic E-state index is -3.23. The van der Waals surface area contributed by atoms with E-state index in [1.54, 1.807) is 0 Å². The summed E-state index contributed by atoms with van der Waals surface area (Å²) in [5, 5.41) is 10.6. The van der Waals surface area contributed by atoms with Gasteiger partial charge in [-0.2, -0.15) is 0 Å². The molecule has 0 unspecified atom stereocenters. The second-order valence-electron chi connectivity index (χ2n) is 4.00. The Balaban J connectivity index is 2.34. The molecule has 6 nitrogen and oxygen atoms in total. The Morgan fingerprint density at radius 3 is 2.67 bits per heavy atom. The van der Waals surface area contributed by atoms with E-state index >= 15 is 0 Å². The number of carboxylic acid groups (broad SMARTS) is 1. The number of fused-ring (bicyclic) bond motifs is 1. The molecule has 1 aliphatic heterocycles. The number of nitrogens with one attached hydrogen (secondary N) is 1. The third-order valence-corrected chi connectivity index (χ3v) is 4.60. The summed E-state index contributed by atoms with van der Waals surface area (Å²) < 4.78 is 23.5. The number of sulfone groups is 1. The van der Waals surface area contributed by atoms with Crippen molar-refractivity contribution < 1.29 is 23.1 Å². The molecule has 0 radical (unpaired) electrons. The molecule has 1 aliphatic rings. The summed E-state index contributed by atoms with van der Waals surface area (Å²) in [5.74, 6) is -2.60. The van der Waals surface area contributed by atoms with Crippen molar-refractivity contribution in [1.82, 2.24) is 0 Å². The Morgan fingerprint density at radius 1 is 1.28 bits per heavy atom. The van der Waals surface area contributed by atoms with Crippen LogP contribution in [0.4, 0.5) is 5.69 Å². The molecule has 96 valence electrons. The maximum absolute atomic E-state index is 11.7. The molecule has 0 fully saturated rings. The fraction of sp³-hybridized carbons (Fsp3) is 0.273. The predicted octanol–water partition coefficient (Wildman–Crippen LogP) is 0.430. The first-order valence-corrected chi connectivity index (χ1v) is 6.95. The number of hydrogen-bond acceptors (Lipinski definition) is 4. The maximum Gasteiger partial charge on any atom is 0.394 e. The molecule has 0 bridgehead atoms. The van der Waals surface area contributed by atoms with E-state index in [-0.39, 0.29) is 10.6 Å². The van der Waals surface area contributed by atoms with E-state index < -0.39 is 21.7 Å². The van der Waals surface area contributed by atoms with Crippen LogP contribution in [0.3, 0.4) is 0 Å². The average Bonchev–Trinajstić information content (AvgIpc) is 2.28. The molecule has 0 saturated heterocycles. The minimum Gasteiger partial charge on any atom is -0.474 e. The lowest BCUT2D eigenvalue weighted by Gasteiger charge is -2.17. The second kappa shape index (κ2) is 4.41. The number of carbonyl (C=O) groups excluding carboxylic acids is 1. The molecule has 7 heteroatoms. The van der Waals surface area contributed by atoms with Gasteiger partial charge in [-0.15, -0.1) is 0 Å². The van der Waals surface area contributed by atoms with E-state index in [0.29, 0.717) is 24.1 Å². The first-order valence-electron chi connectivity index (χ1n) is 5.30. The van der Waals surface area contributed by atoms with Crippen LogP contribution in [0.25, 0.3) is 0 Å². The molecular weight excluding hydrogens is 258 g/mol. The van der Waals surface area contributed by atoms with Gasteiger partial charge >= 0.3 is 11.9 Å². The van der Waals surface area contributed by atoms with Gasteiger partial charge in [0.25, 0.3) is 0 Å². The first kappa shape index (κ1) is 12.6. The summed E-state index contributed by atoms with van der Waals surface area (Å²) in [5.41, 5.74) is 0.905. The number of hydrogen-bond donors (Lipinski definition) is 2. The molecule has 0 spiro atoms. The summed E-state index contributed by atoms with van der Waals surface area (Å²) in [6.07, 6.45) is 1.14. The van der Waals surface area contributed by atoms with Crippen LogP contribution >= 0.6 is 0 Å². The van der Waals surface area contributed by atoms with Gasteiger partial charge in [0, 0.05) is 5.69 Å². The van der Waals surface area contributed by atoms with Crippen molar-refractivity contribution in [3.05, 3.63) is 23.8 Å². The Hall–Kier alpha value is -1.89. The van der Waals surface area contributed by atoms with Crippen molar-refractivity contribution in [1.29, 1.82) is 0 Å². The van der Waals surface area contributed by atoms with E-state index in [1.807, 2.05) is 0 Å². The molecule has 18 heavy (non-hydrogen) atoms. The van der Waals surface area contributed by atoms with E-state index in [1.165, 1.54) is 18.2 Å². The highest BCUT2D eigenvalue weighted by molar-refractivity contribution is 7.91. The highest BCUT2D eigenvalue weighted by Crippen LogP contribution is 2.27. The number of carboxylic acids is 1. The maximum atomic E-state index is 11.7. The summed E-state index contributed by atoms with van der Waals surface area (Å²) >= 11 is 0. The number of anilines is 1. The summed E-state index contributed by atoms with van der Waals surface area (Å²) in [4.78, 5) is 21.6. The third-order valence-electron chi connectivity index (χ3n) is 2.71. The molecule has 2 rings (SSSR count). The molecule has 1 heterocycles. The van der Waals surface area contributed by atoms with Gasteiger partial charge in [-0.25, -0.2) is 13.2 Å². The average molecular weight is 269 g/mol. The molecular formula is C11H11NO5S. The Labute approximate surface area is 104 Å². The Morgan fingerprint density at radius 2 is 2.00 bits per heavy atom. The number of amides is 1. The van der Waals surface area contributed by atoms with Crippen LogP contribution in [0.2, 0.25) is 0 Å². The van der Waals surface area contributed by atoms with E-state index in [4.69, 9.17) is 5.11 Å².